The number of nitrogens with zero attached hydrogens (tertiary/aromatic N) is 2. The van der Waals surface area contributed by atoms with Crippen molar-refractivity contribution in [3.63, 3.8) is 0 Å². The van der Waals surface area contributed by atoms with Crippen LogP contribution in [-0.2, 0) is 4.79 Å². The van der Waals surface area contributed by atoms with Crippen LogP contribution in [0.2, 0.25) is 0 Å². The highest BCUT2D eigenvalue weighted by Gasteiger charge is 2.11. The van der Waals surface area contributed by atoms with Gasteiger partial charge in [-0.2, -0.15) is 0 Å². The first-order valence-corrected chi connectivity index (χ1v) is 7.15. The lowest BCUT2D eigenvalue weighted by Gasteiger charge is -2.20. The van der Waals surface area contributed by atoms with Gasteiger partial charge in [0.2, 0.25) is 5.91 Å². The zero-order valence-electron chi connectivity index (χ0n) is 12.1. The van der Waals surface area contributed by atoms with E-state index in [4.69, 9.17) is 5.73 Å². The number of benzene rings is 1. The number of carbonyl (C=O) groups is 1. The van der Waals surface area contributed by atoms with Crippen LogP contribution >= 0.6 is 24.0 Å². The van der Waals surface area contributed by atoms with Crippen molar-refractivity contribution in [1.82, 2.24) is 4.90 Å². The minimum Gasteiger partial charge on any atom is -0.370 e. The normalized spacial score (nSPS) is 15.8. The summed E-state index contributed by atoms with van der Waals surface area (Å²) in [5, 5.41) is 2.79. The molecule has 1 amide bonds. The van der Waals surface area contributed by atoms with Gasteiger partial charge >= 0.3 is 0 Å². The molecule has 0 radical (unpaired) electrons. The van der Waals surface area contributed by atoms with E-state index in [9.17, 15) is 4.79 Å². The van der Waals surface area contributed by atoms with Crippen LogP contribution < -0.4 is 11.1 Å². The lowest BCUT2D eigenvalue weighted by molar-refractivity contribution is -0.114. The van der Waals surface area contributed by atoms with Gasteiger partial charge in [0.1, 0.15) is 6.54 Å². The number of likely N-dealkylation sites (tertiary alicyclic amines) is 1. The molecule has 6 heteroatoms. The summed E-state index contributed by atoms with van der Waals surface area (Å²) in [7, 11) is 0. The Morgan fingerprint density at radius 1 is 1.14 bits per heavy atom. The highest BCUT2D eigenvalue weighted by molar-refractivity contribution is 14.0. The second kappa shape index (κ2) is 9.59. The van der Waals surface area contributed by atoms with Crippen LogP contribution in [-0.4, -0.2) is 36.4 Å². The van der Waals surface area contributed by atoms with Crippen molar-refractivity contribution in [1.29, 1.82) is 0 Å². The number of para-hydroxylation sites is 1. The van der Waals surface area contributed by atoms with E-state index < -0.39 is 0 Å². The van der Waals surface area contributed by atoms with Crippen LogP contribution in [0, 0.1) is 0 Å². The molecule has 3 N–H and O–H groups in total. The van der Waals surface area contributed by atoms with E-state index in [2.05, 4.69) is 15.2 Å². The predicted octanol–water partition coefficient (Wildman–Crippen LogP) is 2.43. The Bertz CT molecular complexity index is 456. The van der Waals surface area contributed by atoms with Crippen molar-refractivity contribution >= 4 is 41.5 Å². The molecule has 116 valence electrons. The van der Waals surface area contributed by atoms with Gasteiger partial charge in [-0.15, -0.1) is 24.0 Å². The second-order valence-electron chi connectivity index (χ2n) is 4.99. The van der Waals surface area contributed by atoms with Crippen molar-refractivity contribution < 1.29 is 4.79 Å². The number of halogens is 1. The van der Waals surface area contributed by atoms with E-state index in [1.54, 1.807) is 0 Å². The Morgan fingerprint density at radius 2 is 1.76 bits per heavy atom. The molecule has 1 aliphatic rings. The Hall–Kier alpha value is -1.31. The van der Waals surface area contributed by atoms with E-state index in [0.29, 0.717) is 5.96 Å². The van der Waals surface area contributed by atoms with Crippen molar-refractivity contribution in [2.75, 3.05) is 25.0 Å². The molecule has 1 heterocycles. The first-order chi connectivity index (χ1) is 9.75. The molecular formula is C15H23IN4O. The van der Waals surface area contributed by atoms with Gasteiger partial charge in [-0.25, -0.2) is 4.99 Å². The number of amides is 1. The third-order valence-corrected chi connectivity index (χ3v) is 3.37. The molecule has 1 saturated heterocycles. The number of nitrogens with two attached hydrogens (primary N) is 1. The molecule has 0 unspecified atom stereocenters. The molecule has 0 aromatic heterocycles. The van der Waals surface area contributed by atoms with Gasteiger partial charge in [0.25, 0.3) is 0 Å². The maximum Gasteiger partial charge on any atom is 0.246 e. The smallest absolute Gasteiger partial charge is 0.246 e. The van der Waals surface area contributed by atoms with E-state index >= 15 is 0 Å². The quantitative estimate of drug-likeness (QED) is 0.464. The zero-order valence-corrected chi connectivity index (χ0v) is 14.5. The highest BCUT2D eigenvalue weighted by Crippen LogP contribution is 2.09. The van der Waals surface area contributed by atoms with Gasteiger partial charge in [0.05, 0.1) is 0 Å². The van der Waals surface area contributed by atoms with E-state index in [-0.39, 0.29) is 36.4 Å². The molecule has 1 fully saturated rings. The number of anilines is 1. The minimum atomic E-state index is -0.144. The minimum absolute atomic E-state index is 0. The first kappa shape index (κ1) is 17.7. The number of aliphatic imine (C=N–C) groups is 1. The molecule has 0 atom stereocenters. The molecule has 2 rings (SSSR count). The monoisotopic (exact) mass is 402 g/mol. The topological polar surface area (TPSA) is 70.7 Å². The molecule has 21 heavy (non-hydrogen) atoms. The lowest BCUT2D eigenvalue weighted by Crippen LogP contribution is -2.38. The van der Waals surface area contributed by atoms with Crippen molar-refractivity contribution in [3.05, 3.63) is 30.3 Å². The predicted molar refractivity (Wildman–Crippen MR) is 97.0 cm³/mol. The molecular weight excluding hydrogens is 379 g/mol. The summed E-state index contributed by atoms with van der Waals surface area (Å²) in [5.74, 6) is 0.337. The van der Waals surface area contributed by atoms with Crippen LogP contribution in [0.15, 0.2) is 35.3 Å². The van der Waals surface area contributed by atoms with Gasteiger partial charge in [0, 0.05) is 18.8 Å². The largest absolute Gasteiger partial charge is 0.370 e. The maximum absolute atomic E-state index is 11.8. The number of rotatable bonds is 3. The Balaban J connectivity index is 0.00000220. The fourth-order valence-corrected chi connectivity index (χ4v) is 2.27. The summed E-state index contributed by atoms with van der Waals surface area (Å²) in [6, 6.07) is 9.36. The van der Waals surface area contributed by atoms with Crippen LogP contribution in [0.1, 0.15) is 25.7 Å². The van der Waals surface area contributed by atoms with Gasteiger partial charge in [-0.1, -0.05) is 31.0 Å². The van der Waals surface area contributed by atoms with Crippen LogP contribution in [0.25, 0.3) is 0 Å². The highest BCUT2D eigenvalue weighted by atomic mass is 127. The molecule has 1 aromatic rings. The van der Waals surface area contributed by atoms with Crippen LogP contribution in [0.4, 0.5) is 5.69 Å². The molecule has 5 nitrogen and oxygen atoms in total. The maximum atomic E-state index is 11.8. The third kappa shape index (κ3) is 6.33. The van der Waals surface area contributed by atoms with Gasteiger partial charge in [-0.05, 0) is 25.0 Å². The zero-order chi connectivity index (χ0) is 14.2. The van der Waals surface area contributed by atoms with Crippen LogP contribution in [0.5, 0.6) is 0 Å². The summed E-state index contributed by atoms with van der Waals surface area (Å²) in [5.41, 5.74) is 6.73. The van der Waals surface area contributed by atoms with Crippen LogP contribution in [0.3, 0.4) is 0 Å². The number of guanidine groups is 1. The standard InChI is InChI=1S/C15H22N4O.HI/c16-15(19-10-6-1-2-7-11-19)17-12-14(20)18-13-8-4-3-5-9-13;/h3-5,8-9H,1-2,6-7,10-12H2,(H2,16,17)(H,18,20);1H. The fraction of sp³-hybridized carbons (Fsp3) is 0.467. The summed E-state index contributed by atoms with van der Waals surface area (Å²) in [6.45, 7) is 1.95. The number of carbonyl (C=O) groups excluding carboxylic acids is 1. The number of hydrogen-bond acceptors (Lipinski definition) is 2. The SMILES string of the molecule is I.NC(=NCC(=O)Nc1ccccc1)N1CCCCCC1. The summed E-state index contributed by atoms with van der Waals surface area (Å²) >= 11 is 0. The Kier molecular flexibility index (Phi) is 8.11. The number of hydrogen-bond donors (Lipinski definition) is 2. The molecule has 0 spiro atoms. The van der Waals surface area contributed by atoms with Crippen molar-refractivity contribution in [3.8, 4) is 0 Å². The second-order valence-corrected chi connectivity index (χ2v) is 4.99. The van der Waals surface area contributed by atoms with Crippen molar-refractivity contribution in [2.45, 2.75) is 25.7 Å². The first-order valence-electron chi connectivity index (χ1n) is 7.15. The Morgan fingerprint density at radius 3 is 2.38 bits per heavy atom. The average molecular weight is 402 g/mol. The molecule has 0 bridgehead atoms. The van der Waals surface area contributed by atoms with Gasteiger partial charge in [-0.3, -0.25) is 4.79 Å². The molecule has 0 aliphatic carbocycles. The Labute approximate surface area is 143 Å². The van der Waals surface area contributed by atoms with E-state index in [1.807, 2.05) is 30.3 Å². The summed E-state index contributed by atoms with van der Waals surface area (Å²) in [6.07, 6.45) is 4.79. The van der Waals surface area contributed by atoms with Crippen molar-refractivity contribution in [2.24, 2.45) is 10.7 Å². The van der Waals surface area contributed by atoms with Gasteiger partial charge in [0.15, 0.2) is 5.96 Å². The van der Waals surface area contributed by atoms with E-state index in [1.165, 1.54) is 12.8 Å². The summed E-state index contributed by atoms with van der Waals surface area (Å²) in [4.78, 5) is 18.0. The fourth-order valence-electron chi connectivity index (χ4n) is 2.27. The lowest BCUT2D eigenvalue weighted by atomic mass is 10.2. The molecule has 0 saturated carbocycles. The third-order valence-electron chi connectivity index (χ3n) is 3.37. The van der Waals surface area contributed by atoms with E-state index in [0.717, 1.165) is 31.6 Å². The number of nitrogens with one attached hydrogen (secondary N) is 1. The molecule has 1 aliphatic heterocycles. The molecule has 1 aromatic carbocycles. The van der Waals surface area contributed by atoms with Gasteiger partial charge < -0.3 is 16.0 Å². The average Bonchev–Trinajstić information content (AvgIpc) is 2.75. The summed E-state index contributed by atoms with van der Waals surface area (Å²) < 4.78 is 0.